The topological polar surface area (TPSA) is 46.0 Å². The van der Waals surface area contributed by atoms with E-state index in [1.54, 1.807) is 12.1 Å². The maximum absolute atomic E-state index is 9.46. The Hall–Kier alpha value is -2.68. The van der Waals surface area contributed by atoms with Gasteiger partial charge in [-0.15, -0.1) is 0 Å². The molecule has 0 fully saturated rings. The van der Waals surface area contributed by atoms with E-state index in [9.17, 15) is 5.11 Å². The Balaban J connectivity index is 1.69. The van der Waals surface area contributed by atoms with E-state index in [-0.39, 0.29) is 5.75 Å². The van der Waals surface area contributed by atoms with Crippen LogP contribution in [0.5, 0.6) is 5.75 Å². The van der Waals surface area contributed by atoms with Crippen LogP contribution >= 0.6 is 0 Å². The fraction of sp³-hybridized carbons (Fsp3) is 0.111. The van der Waals surface area contributed by atoms with Gasteiger partial charge in [-0.3, -0.25) is 9.97 Å². The molecule has 21 heavy (non-hydrogen) atoms. The molecule has 3 aromatic rings. The summed E-state index contributed by atoms with van der Waals surface area (Å²) in [5.41, 5.74) is 4.12. The van der Waals surface area contributed by atoms with Crippen LogP contribution in [-0.4, -0.2) is 15.1 Å². The lowest BCUT2D eigenvalue weighted by molar-refractivity contribution is 0.474. The number of hydrogen-bond acceptors (Lipinski definition) is 3. The van der Waals surface area contributed by atoms with Crippen molar-refractivity contribution in [2.45, 2.75) is 12.8 Å². The third-order valence-electron chi connectivity index (χ3n) is 3.28. The predicted molar refractivity (Wildman–Crippen MR) is 82.2 cm³/mol. The number of hydrogen-bond donors (Lipinski definition) is 1. The van der Waals surface area contributed by atoms with Gasteiger partial charge in [-0.05, 0) is 23.3 Å². The highest BCUT2D eigenvalue weighted by Crippen LogP contribution is 2.14. The van der Waals surface area contributed by atoms with E-state index in [1.165, 1.54) is 5.56 Å². The number of aromatic hydroxyl groups is 1. The highest BCUT2D eigenvalue weighted by atomic mass is 16.3. The zero-order valence-electron chi connectivity index (χ0n) is 11.6. The fourth-order valence-electron chi connectivity index (χ4n) is 2.24. The van der Waals surface area contributed by atoms with Crippen LogP contribution in [0.4, 0.5) is 0 Å². The van der Waals surface area contributed by atoms with Gasteiger partial charge in [0.15, 0.2) is 0 Å². The summed E-state index contributed by atoms with van der Waals surface area (Å²) in [4.78, 5) is 8.92. The number of phenols is 1. The minimum absolute atomic E-state index is 0.279. The SMILES string of the molecule is Oc1cccc(Cc2cnc(Cc3ccccc3)cn2)c1. The second-order valence-electron chi connectivity index (χ2n) is 5.01. The maximum Gasteiger partial charge on any atom is 0.115 e. The van der Waals surface area contributed by atoms with Crippen molar-refractivity contribution in [2.75, 3.05) is 0 Å². The van der Waals surface area contributed by atoms with Gasteiger partial charge in [0, 0.05) is 25.2 Å². The molecule has 0 aliphatic rings. The molecule has 0 radical (unpaired) electrons. The van der Waals surface area contributed by atoms with Crippen molar-refractivity contribution in [3.8, 4) is 5.75 Å². The fourth-order valence-corrected chi connectivity index (χ4v) is 2.24. The molecule has 0 atom stereocenters. The summed E-state index contributed by atoms with van der Waals surface area (Å²) in [6, 6.07) is 17.5. The largest absolute Gasteiger partial charge is 0.508 e. The van der Waals surface area contributed by atoms with Gasteiger partial charge in [0.2, 0.25) is 0 Å². The van der Waals surface area contributed by atoms with Crippen molar-refractivity contribution in [3.63, 3.8) is 0 Å². The summed E-state index contributed by atoms with van der Waals surface area (Å²) >= 11 is 0. The first-order valence-corrected chi connectivity index (χ1v) is 6.91. The molecular formula is C18H16N2O. The van der Waals surface area contributed by atoms with Gasteiger partial charge < -0.3 is 5.11 Å². The minimum Gasteiger partial charge on any atom is -0.508 e. The molecule has 1 N–H and O–H groups in total. The Morgan fingerprint density at radius 3 is 1.95 bits per heavy atom. The van der Waals surface area contributed by atoms with Crippen molar-refractivity contribution < 1.29 is 5.11 Å². The van der Waals surface area contributed by atoms with Crippen LogP contribution in [0.15, 0.2) is 67.0 Å². The second-order valence-corrected chi connectivity index (χ2v) is 5.01. The molecule has 0 unspecified atom stereocenters. The molecule has 3 nitrogen and oxygen atoms in total. The molecule has 3 heteroatoms. The smallest absolute Gasteiger partial charge is 0.115 e. The first-order chi connectivity index (χ1) is 10.3. The third-order valence-corrected chi connectivity index (χ3v) is 3.28. The molecule has 0 amide bonds. The normalized spacial score (nSPS) is 10.5. The number of benzene rings is 2. The zero-order chi connectivity index (χ0) is 14.5. The van der Waals surface area contributed by atoms with E-state index < -0.39 is 0 Å². The van der Waals surface area contributed by atoms with E-state index in [1.807, 2.05) is 42.7 Å². The van der Waals surface area contributed by atoms with Gasteiger partial charge in [-0.2, -0.15) is 0 Å². The average Bonchev–Trinajstić information content (AvgIpc) is 2.50. The van der Waals surface area contributed by atoms with Crippen LogP contribution in [0.25, 0.3) is 0 Å². The third kappa shape index (κ3) is 3.66. The summed E-state index contributed by atoms with van der Waals surface area (Å²) in [6.07, 6.45) is 5.10. The van der Waals surface area contributed by atoms with Gasteiger partial charge in [0.05, 0.1) is 11.4 Å². The molecular weight excluding hydrogens is 260 g/mol. The number of rotatable bonds is 4. The van der Waals surface area contributed by atoms with Crippen LogP contribution in [0.3, 0.4) is 0 Å². The lowest BCUT2D eigenvalue weighted by Gasteiger charge is -2.04. The number of aromatic nitrogens is 2. The van der Waals surface area contributed by atoms with Crippen LogP contribution < -0.4 is 0 Å². The van der Waals surface area contributed by atoms with Crippen LogP contribution in [-0.2, 0) is 12.8 Å². The zero-order valence-corrected chi connectivity index (χ0v) is 11.6. The van der Waals surface area contributed by atoms with Crippen molar-refractivity contribution >= 4 is 0 Å². The predicted octanol–water partition coefficient (Wildman–Crippen LogP) is 3.36. The Morgan fingerprint density at radius 1 is 0.714 bits per heavy atom. The monoisotopic (exact) mass is 276 g/mol. The van der Waals surface area contributed by atoms with E-state index in [2.05, 4.69) is 22.1 Å². The van der Waals surface area contributed by atoms with E-state index >= 15 is 0 Å². The lowest BCUT2D eigenvalue weighted by Crippen LogP contribution is -1.98. The highest BCUT2D eigenvalue weighted by molar-refractivity contribution is 5.30. The number of phenolic OH excluding ortho intramolecular Hbond substituents is 1. The van der Waals surface area contributed by atoms with Crippen molar-refractivity contribution in [3.05, 3.63) is 89.5 Å². The Bertz CT molecular complexity index is 709. The van der Waals surface area contributed by atoms with Gasteiger partial charge >= 0.3 is 0 Å². The molecule has 1 heterocycles. The molecule has 0 saturated carbocycles. The Labute approximate surface area is 124 Å². The summed E-state index contributed by atoms with van der Waals surface area (Å²) in [5, 5.41) is 9.46. The Morgan fingerprint density at radius 2 is 1.33 bits per heavy atom. The van der Waals surface area contributed by atoms with Gasteiger partial charge in [0.1, 0.15) is 5.75 Å². The van der Waals surface area contributed by atoms with E-state index in [0.29, 0.717) is 6.42 Å². The Kier molecular flexibility index (Phi) is 3.92. The summed E-state index contributed by atoms with van der Waals surface area (Å²) in [5.74, 6) is 0.279. The minimum atomic E-state index is 0.279. The van der Waals surface area contributed by atoms with Gasteiger partial charge in [0.25, 0.3) is 0 Å². The molecule has 1 aromatic heterocycles. The molecule has 104 valence electrons. The van der Waals surface area contributed by atoms with Gasteiger partial charge in [-0.25, -0.2) is 0 Å². The van der Waals surface area contributed by atoms with Crippen LogP contribution in [0.2, 0.25) is 0 Å². The average molecular weight is 276 g/mol. The molecule has 0 spiro atoms. The maximum atomic E-state index is 9.46. The molecule has 0 aliphatic carbocycles. The quantitative estimate of drug-likeness (QED) is 0.794. The summed E-state index contributed by atoms with van der Waals surface area (Å²) in [6.45, 7) is 0. The number of nitrogens with zero attached hydrogens (tertiary/aromatic N) is 2. The lowest BCUT2D eigenvalue weighted by atomic mass is 10.1. The summed E-state index contributed by atoms with van der Waals surface area (Å²) in [7, 11) is 0. The van der Waals surface area contributed by atoms with Crippen molar-refractivity contribution in [1.82, 2.24) is 9.97 Å². The van der Waals surface area contributed by atoms with Crippen molar-refractivity contribution in [2.24, 2.45) is 0 Å². The first-order valence-electron chi connectivity index (χ1n) is 6.91. The summed E-state index contributed by atoms with van der Waals surface area (Å²) < 4.78 is 0. The van der Waals surface area contributed by atoms with Crippen molar-refractivity contribution in [1.29, 1.82) is 0 Å². The molecule has 0 saturated heterocycles. The highest BCUT2D eigenvalue weighted by Gasteiger charge is 2.02. The molecule has 2 aromatic carbocycles. The van der Waals surface area contributed by atoms with Crippen LogP contribution in [0.1, 0.15) is 22.5 Å². The molecule has 3 rings (SSSR count). The van der Waals surface area contributed by atoms with E-state index in [0.717, 1.165) is 23.4 Å². The standard InChI is InChI=1S/C18H16N2O/c21-18-8-4-7-15(11-18)10-17-13-19-16(12-20-17)9-14-5-2-1-3-6-14/h1-8,11-13,21H,9-10H2. The second kappa shape index (κ2) is 6.18. The first kappa shape index (κ1) is 13.3. The van der Waals surface area contributed by atoms with Gasteiger partial charge in [-0.1, -0.05) is 42.5 Å². The van der Waals surface area contributed by atoms with Crippen LogP contribution in [0, 0.1) is 0 Å². The molecule has 0 aliphatic heterocycles. The van der Waals surface area contributed by atoms with E-state index in [4.69, 9.17) is 0 Å². The molecule has 0 bridgehead atoms.